The summed E-state index contributed by atoms with van der Waals surface area (Å²) in [5.41, 5.74) is 9.93. The number of rotatable bonds is 6. The Kier molecular flexibility index (Phi) is 5.51. The van der Waals surface area contributed by atoms with E-state index in [0.717, 1.165) is 27.2 Å². The van der Waals surface area contributed by atoms with E-state index < -0.39 is 12.0 Å². The number of carbonyl (C=O) groups excluding carboxylic acids is 1. The Bertz CT molecular complexity index is 1540. The maximum atomic E-state index is 12.2. The quantitative estimate of drug-likeness (QED) is 0.342. The average Bonchev–Trinajstić information content (AvgIpc) is 3.53. The van der Waals surface area contributed by atoms with Crippen molar-refractivity contribution in [2.75, 3.05) is 0 Å². The van der Waals surface area contributed by atoms with Gasteiger partial charge in [0.2, 0.25) is 0 Å². The van der Waals surface area contributed by atoms with Gasteiger partial charge in [0.25, 0.3) is 5.91 Å². The van der Waals surface area contributed by atoms with Gasteiger partial charge >= 0.3 is 0 Å². The normalized spacial score (nSPS) is 12.2. The van der Waals surface area contributed by atoms with Crippen molar-refractivity contribution < 1.29 is 14.6 Å². The van der Waals surface area contributed by atoms with Crippen molar-refractivity contribution in [3.8, 4) is 27.6 Å². The number of aromatic hydroxyl groups is 1. The van der Waals surface area contributed by atoms with Crippen LogP contribution in [-0.2, 0) is 7.05 Å². The molecule has 172 valence electrons. The number of thiophene rings is 1. The summed E-state index contributed by atoms with van der Waals surface area (Å²) in [5.74, 6) is -0.289. The van der Waals surface area contributed by atoms with Crippen LogP contribution in [0.15, 0.2) is 61.2 Å². The molecular formula is C24H20ClN5O3S. The predicted octanol–water partition coefficient (Wildman–Crippen LogP) is 5.09. The molecule has 0 saturated carbocycles. The molecule has 0 radical (unpaired) electrons. The smallest absolute Gasteiger partial charge is 0.262 e. The summed E-state index contributed by atoms with van der Waals surface area (Å²) < 4.78 is 9.71. The number of phenolic OH excluding ortho intramolecular Hbond substituents is 1. The monoisotopic (exact) mass is 493 g/mol. The van der Waals surface area contributed by atoms with Crippen LogP contribution >= 0.6 is 22.9 Å². The fourth-order valence-electron chi connectivity index (χ4n) is 3.78. The molecule has 5 aromatic rings. The highest BCUT2D eigenvalue weighted by Gasteiger charge is 2.21. The molecule has 0 bridgehead atoms. The van der Waals surface area contributed by atoms with Crippen LogP contribution in [0.4, 0.5) is 0 Å². The van der Waals surface area contributed by atoms with Gasteiger partial charge in [0.15, 0.2) is 0 Å². The predicted molar refractivity (Wildman–Crippen MR) is 132 cm³/mol. The van der Waals surface area contributed by atoms with Crippen LogP contribution in [0.25, 0.3) is 27.2 Å². The van der Waals surface area contributed by atoms with Gasteiger partial charge in [0.1, 0.15) is 33.8 Å². The lowest BCUT2D eigenvalue weighted by Gasteiger charge is -2.16. The number of hydrogen-bond donors (Lipinski definition) is 2. The summed E-state index contributed by atoms with van der Waals surface area (Å²) in [6.45, 7) is 1.79. The van der Waals surface area contributed by atoms with E-state index in [1.807, 2.05) is 36.0 Å². The minimum absolute atomic E-state index is 0.0358. The van der Waals surface area contributed by atoms with Gasteiger partial charge in [-0.1, -0.05) is 29.8 Å². The van der Waals surface area contributed by atoms with Crippen LogP contribution in [0.1, 0.15) is 28.3 Å². The number of phenols is 1. The van der Waals surface area contributed by atoms with E-state index >= 15 is 0 Å². The summed E-state index contributed by atoms with van der Waals surface area (Å²) in [5, 5.41) is 15.1. The van der Waals surface area contributed by atoms with Crippen molar-refractivity contribution in [3.05, 3.63) is 76.6 Å². The SMILES string of the molecule is CC(Oc1cc(-n2cnc3cc(-c4cnn(C)c4)ccc32)sc1C(N)=O)c1cccc(O)c1Cl. The molecule has 0 fully saturated rings. The number of fused-ring (bicyclic) bond motifs is 1. The number of hydrogen-bond acceptors (Lipinski definition) is 6. The zero-order valence-electron chi connectivity index (χ0n) is 18.3. The number of nitrogens with two attached hydrogens (primary N) is 1. The number of aromatic nitrogens is 4. The standard InChI is InChI=1S/C24H20ClN5O3S/c1-13(16-4-3-5-19(31)22(16)25)33-20-9-21(34-23(20)24(26)32)30-12-27-17-8-14(6-7-18(17)30)15-10-28-29(2)11-15/h3-13,31H,1-2H3,(H2,26,32). The molecule has 0 saturated heterocycles. The third-order valence-electron chi connectivity index (χ3n) is 5.48. The number of amides is 1. The third kappa shape index (κ3) is 3.89. The lowest BCUT2D eigenvalue weighted by molar-refractivity contribution is 0.0998. The topological polar surface area (TPSA) is 108 Å². The van der Waals surface area contributed by atoms with Crippen LogP contribution in [0.3, 0.4) is 0 Å². The minimum Gasteiger partial charge on any atom is -0.506 e. The van der Waals surface area contributed by atoms with Crippen molar-refractivity contribution in [2.45, 2.75) is 13.0 Å². The van der Waals surface area contributed by atoms with E-state index in [4.69, 9.17) is 22.1 Å². The number of aryl methyl sites for hydroxylation is 1. The number of nitrogens with zero attached hydrogens (tertiary/aromatic N) is 4. The molecule has 0 spiro atoms. The number of carbonyl (C=O) groups is 1. The summed E-state index contributed by atoms with van der Waals surface area (Å²) in [4.78, 5) is 17.0. The second-order valence-corrected chi connectivity index (χ2v) is 9.21. The molecule has 34 heavy (non-hydrogen) atoms. The average molecular weight is 494 g/mol. The minimum atomic E-state index is -0.594. The molecule has 2 aromatic carbocycles. The second-order valence-electron chi connectivity index (χ2n) is 7.80. The molecule has 0 aliphatic heterocycles. The van der Waals surface area contributed by atoms with Crippen molar-refractivity contribution >= 4 is 39.9 Å². The first-order chi connectivity index (χ1) is 16.3. The van der Waals surface area contributed by atoms with Crippen LogP contribution < -0.4 is 10.5 Å². The van der Waals surface area contributed by atoms with E-state index in [9.17, 15) is 9.90 Å². The molecule has 1 atom stereocenters. The van der Waals surface area contributed by atoms with Crippen molar-refractivity contribution in [1.29, 1.82) is 0 Å². The number of primary amides is 1. The van der Waals surface area contributed by atoms with E-state index in [-0.39, 0.29) is 15.6 Å². The lowest BCUT2D eigenvalue weighted by Crippen LogP contribution is -2.12. The highest BCUT2D eigenvalue weighted by atomic mass is 35.5. The maximum Gasteiger partial charge on any atom is 0.262 e. The molecule has 3 N–H and O–H groups in total. The Morgan fingerprint density at radius 3 is 2.79 bits per heavy atom. The summed E-state index contributed by atoms with van der Waals surface area (Å²) in [6.07, 6.45) is 4.93. The first-order valence-corrected chi connectivity index (χ1v) is 11.6. The fraction of sp³-hybridized carbons (Fsp3) is 0.125. The van der Waals surface area contributed by atoms with E-state index in [1.54, 1.807) is 42.3 Å². The summed E-state index contributed by atoms with van der Waals surface area (Å²) in [6, 6.07) is 12.7. The maximum absolute atomic E-state index is 12.2. The van der Waals surface area contributed by atoms with Crippen molar-refractivity contribution in [1.82, 2.24) is 19.3 Å². The van der Waals surface area contributed by atoms with E-state index in [1.165, 1.54) is 17.4 Å². The molecule has 5 rings (SSSR count). The Morgan fingerprint density at radius 2 is 2.06 bits per heavy atom. The molecule has 3 heterocycles. The van der Waals surface area contributed by atoms with Crippen LogP contribution in [-0.4, -0.2) is 30.3 Å². The van der Waals surface area contributed by atoms with Crippen LogP contribution in [0, 0.1) is 0 Å². The zero-order chi connectivity index (χ0) is 24.0. The largest absolute Gasteiger partial charge is 0.506 e. The van der Waals surface area contributed by atoms with Gasteiger partial charge in [-0.25, -0.2) is 4.98 Å². The molecule has 10 heteroatoms. The lowest BCUT2D eigenvalue weighted by atomic mass is 10.1. The second kappa shape index (κ2) is 8.51. The molecule has 0 aliphatic carbocycles. The Hall–Kier alpha value is -3.82. The molecule has 3 aromatic heterocycles. The number of imidazole rings is 1. The van der Waals surface area contributed by atoms with Gasteiger partial charge < -0.3 is 15.6 Å². The van der Waals surface area contributed by atoms with E-state index in [2.05, 4.69) is 10.1 Å². The Morgan fingerprint density at radius 1 is 1.24 bits per heavy atom. The molecule has 0 aliphatic rings. The number of halogens is 1. The van der Waals surface area contributed by atoms with Crippen LogP contribution in [0.2, 0.25) is 5.02 Å². The highest BCUT2D eigenvalue weighted by molar-refractivity contribution is 7.16. The van der Waals surface area contributed by atoms with Gasteiger partial charge in [-0.3, -0.25) is 14.0 Å². The molecule has 1 unspecified atom stereocenters. The van der Waals surface area contributed by atoms with Gasteiger partial charge in [0, 0.05) is 30.4 Å². The van der Waals surface area contributed by atoms with Gasteiger partial charge in [-0.15, -0.1) is 11.3 Å². The Balaban J connectivity index is 1.50. The molecular weight excluding hydrogens is 474 g/mol. The summed E-state index contributed by atoms with van der Waals surface area (Å²) in [7, 11) is 1.87. The first kappa shape index (κ1) is 22.0. The summed E-state index contributed by atoms with van der Waals surface area (Å²) >= 11 is 7.45. The third-order valence-corrected chi connectivity index (χ3v) is 7.02. The van der Waals surface area contributed by atoms with E-state index in [0.29, 0.717) is 11.3 Å². The molecule has 8 nitrogen and oxygen atoms in total. The zero-order valence-corrected chi connectivity index (χ0v) is 19.8. The number of ether oxygens (including phenoxy) is 1. The molecule has 1 amide bonds. The Labute approximate surface area is 203 Å². The first-order valence-electron chi connectivity index (χ1n) is 10.4. The van der Waals surface area contributed by atoms with Crippen molar-refractivity contribution in [2.24, 2.45) is 12.8 Å². The highest BCUT2D eigenvalue weighted by Crippen LogP contribution is 2.38. The van der Waals surface area contributed by atoms with Gasteiger partial charge in [-0.2, -0.15) is 5.10 Å². The van der Waals surface area contributed by atoms with Gasteiger partial charge in [-0.05, 0) is 30.7 Å². The number of benzene rings is 2. The fourth-order valence-corrected chi connectivity index (χ4v) is 4.99. The van der Waals surface area contributed by atoms with Crippen LogP contribution in [0.5, 0.6) is 11.5 Å². The van der Waals surface area contributed by atoms with Crippen molar-refractivity contribution in [3.63, 3.8) is 0 Å². The van der Waals surface area contributed by atoms with Gasteiger partial charge in [0.05, 0.1) is 22.3 Å².